The molecule has 37 heavy (non-hydrogen) atoms. The molecular weight excluding hydrogens is 503 g/mol. The molecule has 0 aromatic heterocycles. The van der Waals surface area contributed by atoms with Gasteiger partial charge in [0.05, 0.1) is 25.1 Å². The van der Waals surface area contributed by atoms with Crippen molar-refractivity contribution < 1.29 is 33.4 Å². The average Bonchev–Trinajstić information content (AvgIpc) is 3.19. The van der Waals surface area contributed by atoms with E-state index in [0.29, 0.717) is 30.2 Å². The Bertz CT molecular complexity index is 1110. The van der Waals surface area contributed by atoms with Crippen molar-refractivity contribution in [2.75, 3.05) is 26.8 Å². The quantitative estimate of drug-likeness (QED) is 0.347. The number of amides is 2. The topological polar surface area (TPSA) is 96.4 Å². The summed E-state index contributed by atoms with van der Waals surface area (Å²) in [5.41, 5.74) is 1.40. The van der Waals surface area contributed by atoms with E-state index in [4.69, 9.17) is 21.1 Å². The number of ether oxygens (including phenoxy) is 2. The zero-order valence-electron chi connectivity index (χ0n) is 21.0. The summed E-state index contributed by atoms with van der Waals surface area (Å²) in [6.07, 6.45) is 2.01. The summed E-state index contributed by atoms with van der Waals surface area (Å²) in [4.78, 5) is 38.5. The number of carboxylic acids is 1. The highest BCUT2D eigenvalue weighted by atomic mass is 35.5. The molecule has 2 aromatic carbocycles. The average molecular weight is 535 g/mol. The number of carbonyl (C=O) groups excluding carboxylic acids is 2. The molecule has 0 saturated carbocycles. The van der Waals surface area contributed by atoms with Gasteiger partial charge in [0.2, 0.25) is 11.8 Å². The number of likely N-dealkylation sites (tertiary alicyclic amines) is 1. The van der Waals surface area contributed by atoms with Crippen LogP contribution in [0, 0.1) is 5.82 Å². The van der Waals surface area contributed by atoms with Crippen LogP contribution in [0.15, 0.2) is 36.4 Å². The van der Waals surface area contributed by atoms with Crippen LogP contribution < -0.4 is 9.47 Å². The summed E-state index contributed by atoms with van der Waals surface area (Å²) in [5.74, 6) is -1.03. The predicted molar refractivity (Wildman–Crippen MR) is 136 cm³/mol. The van der Waals surface area contributed by atoms with Gasteiger partial charge >= 0.3 is 5.97 Å². The Kier molecular flexibility index (Phi) is 10.3. The van der Waals surface area contributed by atoms with Crippen molar-refractivity contribution in [2.45, 2.75) is 51.6 Å². The molecule has 1 aliphatic heterocycles. The number of unbranched alkanes of at least 4 members (excludes halogenated alkanes) is 1. The Morgan fingerprint density at radius 1 is 1.16 bits per heavy atom. The zero-order valence-corrected chi connectivity index (χ0v) is 21.8. The Morgan fingerprint density at radius 2 is 1.89 bits per heavy atom. The molecule has 1 fully saturated rings. The summed E-state index contributed by atoms with van der Waals surface area (Å²) < 4.78 is 25.5. The van der Waals surface area contributed by atoms with Crippen molar-refractivity contribution >= 4 is 29.4 Å². The third kappa shape index (κ3) is 7.66. The lowest BCUT2D eigenvalue weighted by Crippen LogP contribution is -2.33. The zero-order chi connectivity index (χ0) is 26.9. The number of imide groups is 1. The van der Waals surface area contributed by atoms with E-state index in [9.17, 15) is 23.9 Å². The molecular formula is C27H32ClFN2O6. The van der Waals surface area contributed by atoms with E-state index in [-0.39, 0.29) is 49.3 Å². The van der Waals surface area contributed by atoms with Gasteiger partial charge in [-0.1, -0.05) is 37.1 Å². The van der Waals surface area contributed by atoms with E-state index in [1.807, 2.05) is 17.9 Å². The summed E-state index contributed by atoms with van der Waals surface area (Å²) in [5, 5.41) is 9.58. The van der Waals surface area contributed by atoms with Gasteiger partial charge < -0.3 is 14.6 Å². The molecule has 0 aliphatic carbocycles. The minimum atomic E-state index is -0.988. The number of carboxylic acid groups (broad SMARTS) is 1. The third-order valence-corrected chi connectivity index (χ3v) is 6.58. The highest BCUT2D eigenvalue weighted by Gasteiger charge is 2.28. The fourth-order valence-electron chi connectivity index (χ4n) is 4.33. The highest BCUT2D eigenvalue weighted by Crippen LogP contribution is 2.32. The fraction of sp³-hybridized carbons (Fsp3) is 0.444. The van der Waals surface area contributed by atoms with Gasteiger partial charge in [0.25, 0.3) is 0 Å². The summed E-state index contributed by atoms with van der Waals surface area (Å²) in [6, 6.07) is 9.23. The summed E-state index contributed by atoms with van der Waals surface area (Å²) >= 11 is 5.85. The first kappa shape index (κ1) is 28.4. The maximum Gasteiger partial charge on any atom is 0.305 e. The van der Waals surface area contributed by atoms with Crippen LogP contribution in [0.2, 0.25) is 5.02 Å². The van der Waals surface area contributed by atoms with Crippen molar-refractivity contribution in [2.24, 2.45) is 0 Å². The van der Waals surface area contributed by atoms with Gasteiger partial charge in [-0.15, -0.1) is 0 Å². The number of aliphatic carboxylic acids is 1. The van der Waals surface area contributed by atoms with Crippen LogP contribution in [0.1, 0.15) is 56.2 Å². The maximum atomic E-state index is 14.2. The van der Waals surface area contributed by atoms with Crippen LogP contribution in [-0.2, 0) is 20.9 Å². The second-order valence-electron chi connectivity index (χ2n) is 8.88. The van der Waals surface area contributed by atoms with E-state index in [1.165, 1.54) is 24.1 Å². The monoisotopic (exact) mass is 534 g/mol. The van der Waals surface area contributed by atoms with E-state index in [2.05, 4.69) is 0 Å². The Morgan fingerprint density at radius 3 is 2.51 bits per heavy atom. The minimum absolute atomic E-state index is 0.0169. The number of hydrogen-bond acceptors (Lipinski definition) is 6. The SMILES string of the molecule is CCCCN(Cc1ccc(OCCN2C(=O)CCC2=O)c(OC)c1)C(CC(=O)O)c1ccc(Cl)c(F)c1. The molecule has 200 valence electrons. The van der Waals surface area contributed by atoms with Crippen LogP contribution in [0.5, 0.6) is 11.5 Å². The highest BCUT2D eigenvalue weighted by molar-refractivity contribution is 6.30. The molecule has 2 aromatic rings. The Labute approximate surface area is 220 Å². The standard InChI is InChI=1S/C27H32ClFN2O6/c1-3-4-11-30(22(16-27(34)35)19-6-7-20(28)21(29)15-19)17-18-5-8-23(24(14-18)36-2)37-13-12-31-25(32)9-10-26(31)33/h5-8,14-15,22H,3-4,9-13,16-17H2,1-2H3,(H,34,35). The molecule has 3 rings (SSSR count). The first-order valence-corrected chi connectivity index (χ1v) is 12.6. The molecule has 1 atom stereocenters. The fourth-order valence-corrected chi connectivity index (χ4v) is 4.45. The number of halogens is 2. The number of benzene rings is 2. The molecule has 0 spiro atoms. The molecule has 10 heteroatoms. The minimum Gasteiger partial charge on any atom is -0.493 e. The number of rotatable bonds is 14. The van der Waals surface area contributed by atoms with Crippen molar-refractivity contribution in [1.82, 2.24) is 9.80 Å². The predicted octanol–water partition coefficient (Wildman–Crippen LogP) is 4.83. The molecule has 1 N–H and O–H groups in total. The van der Waals surface area contributed by atoms with Crippen molar-refractivity contribution in [3.8, 4) is 11.5 Å². The molecule has 1 aliphatic rings. The molecule has 1 heterocycles. The lowest BCUT2D eigenvalue weighted by atomic mass is 10.00. The van der Waals surface area contributed by atoms with Gasteiger partial charge in [0.15, 0.2) is 11.5 Å². The van der Waals surface area contributed by atoms with E-state index in [1.54, 1.807) is 18.2 Å². The normalized spacial score (nSPS) is 14.4. The Hall–Kier alpha value is -3.17. The van der Waals surface area contributed by atoms with Crippen molar-refractivity contribution in [3.05, 3.63) is 58.4 Å². The van der Waals surface area contributed by atoms with Gasteiger partial charge in [-0.2, -0.15) is 0 Å². The molecule has 0 bridgehead atoms. The molecule has 1 saturated heterocycles. The summed E-state index contributed by atoms with van der Waals surface area (Å²) in [6.45, 7) is 3.36. The first-order chi connectivity index (χ1) is 17.7. The largest absolute Gasteiger partial charge is 0.493 e. The second-order valence-corrected chi connectivity index (χ2v) is 9.29. The van der Waals surface area contributed by atoms with Gasteiger partial charge in [-0.25, -0.2) is 4.39 Å². The van der Waals surface area contributed by atoms with Crippen LogP contribution >= 0.6 is 11.6 Å². The van der Waals surface area contributed by atoms with Crippen LogP contribution in [-0.4, -0.2) is 59.5 Å². The number of hydrogen-bond donors (Lipinski definition) is 1. The Balaban J connectivity index is 1.78. The lowest BCUT2D eigenvalue weighted by molar-refractivity contribution is -0.140. The van der Waals surface area contributed by atoms with Gasteiger partial charge in [-0.3, -0.25) is 24.2 Å². The van der Waals surface area contributed by atoms with Crippen LogP contribution in [0.25, 0.3) is 0 Å². The van der Waals surface area contributed by atoms with E-state index < -0.39 is 17.8 Å². The van der Waals surface area contributed by atoms with Crippen molar-refractivity contribution in [3.63, 3.8) is 0 Å². The number of methoxy groups -OCH3 is 1. The van der Waals surface area contributed by atoms with Crippen molar-refractivity contribution in [1.29, 1.82) is 0 Å². The van der Waals surface area contributed by atoms with Gasteiger partial charge in [0, 0.05) is 25.4 Å². The number of nitrogens with zero attached hydrogens (tertiary/aromatic N) is 2. The third-order valence-electron chi connectivity index (χ3n) is 6.28. The molecule has 0 radical (unpaired) electrons. The summed E-state index contributed by atoms with van der Waals surface area (Å²) in [7, 11) is 1.51. The van der Waals surface area contributed by atoms with Gasteiger partial charge in [0.1, 0.15) is 12.4 Å². The first-order valence-electron chi connectivity index (χ1n) is 12.3. The smallest absolute Gasteiger partial charge is 0.305 e. The van der Waals surface area contributed by atoms with Crippen LogP contribution in [0.3, 0.4) is 0 Å². The van der Waals surface area contributed by atoms with Crippen LogP contribution in [0.4, 0.5) is 4.39 Å². The lowest BCUT2D eigenvalue weighted by Gasteiger charge is -2.31. The second kappa shape index (κ2) is 13.4. The van der Waals surface area contributed by atoms with E-state index in [0.717, 1.165) is 18.4 Å². The number of carbonyl (C=O) groups is 3. The van der Waals surface area contributed by atoms with E-state index >= 15 is 0 Å². The maximum absolute atomic E-state index is 14.2. The molecule has 8 nitrogen and oxygen atoms in total. The van der Waals surface area contributed by atoms with Gasteiger partial charge in [-0.05, 0) is 48.4 Å². The molecule has 2 amide bonds. The molecule has 1 unspecified atom stereocenters.